The van der Waals surface area contributed by atoms with Gasteiger partial charge in [-0.3, -0.25) is 15.0 Å². The van der Waals surface area contributed by atoms with Crippen LogP contribution in [0.5, 0.6) is 0 Å². The van der Waals surface area contributed by atoms with Gasteiger partial charge in [0, 0.05) is 12.5 Å². The molecule has 17 heavy (non-hydrogen) atoms. The van der Waals surface area contributed by atoms with E-state index in [9.17, 15) is 9.59 Å². The molecule has 0 aliphatic carbocycles. The quantitative estimate of drug-likeness (QED) is 0.286. The molecule has 1 aliphatic rings. The van der Waals surface area contributed by atoms with Crippen LogP contribution in [0.4, 0.5) is 0 Å². The Bertz CT molecular complexity index is 442. The van der Waals surface area contributed by atoms with E-state index in [2.05, 4.69) is 5.32 Å². The summed E-state index contributed by atoms with van der Waals surface area (Å²) in [6, 6.07) is 7.82. The Morgan fingerprint density at radius 3 is 2.65 bits per heavy atom. The van der Waals surface area contributed by atoms with Crippen LogP contribution >= 0.6 is 0 Å². The lowest BCUT2D eigenvalue weighted by Gasteiger charge is -2.15. The first-order valence-corrected chi connectivity index (χ1v) is 5.48. The summed E-state index contributed by atoms with van der Waals surface area (Å²) in [5.41, 5.74) is 4.17. The Morgan fingerprint density at radius 2 is 2.06 bits per heavy atom. The molecule has 0 spiro atoms. The number of nitrogens with two attached hydrogens (primary N) is 1. The van der Waals surface area contributed by atoms with Crippen LogP contribution in [0.25, 0.3) is 0 Å². The number of aryl methyl sites for hydroxylation is 1. The van der Waals surface area contributed by atoms with Gasteiger partial charge in [0.25, 0.3) is 0 Å². The van der Waals surface area contributed by atoms with Crippen LogP contribution in [-0.4, -0.2) is 18.4 Å². The van der Waals surface area contributed by atoms with Gasteiger partial charge in [-0.2, -0.15) is 0 Å². The molecule has 5 nitrogen and oxygen atoms in total. The summed E-state index contributed by atoms with van der Waals surface area (Å²) in [6.07, 6.45) is 0. The van der Waals surface area contributed by atoms with Crippen LogP contribution in [0.1, 0.15) is 17.0 Å². The van der Waals surface area contributed by atoms with Crippen LogP contribution < -0.4 is 16.6 Å². The highest BCUT2D eigenvalue weighted by atomic mass is 16.2. The first-order chi connectivity index (χ1) is 8.13. The highest BCUT2D eigenvalue weighted by Crippen LogP contribution is 2.29. The minimum atomic E-state index is -0.734. The van der Waals surface area contributed by atoms with Crippen molar-refractivity contribution in [3.8, 4) is 0 Å². The van der Waals surface area contributed by atoms with Gasteiger partial charge in [0.05, 0.1) is 0 Å². The fourth-order valence-corrected chi connectivity index (χ4v) is 2.14. The third-order valence-electron chi connectivity index (χ3n) is 3.11. The Kier molecular flexibility index (Phi) is 3.10. The van der Waals surface area contributed by atoms with Gasteiger partial charge >= 0.3 is 0 Å². The van der Waals surface area contributed by atoms with Crippen molar-refractivity contribution in [3.63, 3.8) is 0 Å². The van der Waals surface area contributed by atoms with Crippen LogP contribution in [0.15, 0.2) is 24.3 Å². The van der Waals surface area contributed by atoms with E-state index < -0.39 is 11.8 Å². The second kappa shape index (κ2) is 4.55. The number of hydrazine groups is 1. The van der Waals surface area contributed by atoms with E-state index in [1.165, 1.54) is 0 Å². The minimum Gasteiger partial charge on any atom is -0.355 e. The van der Waals surface area contributed by atoms with Crippen LogP contribution in [0.2, 0.25) is 0 Å². The molecule has 1 aliphatic heterocycles. The van der Waals surface area contributed by atoms with Crippen molar-refractivity contribution in [3.05, 3.63) is 35.4 Å². The molecule has 0 saturated carbocycles. The molecule has 2 rings (SSSR count). The third kappa shape index (κ3) is 2.14. The molecule has 0 aromatic heterocycles. The Balaban J connectivity index is 2.28. The van der Waals surface area contributed by atoms with Crippen LogP contribution in [0, 0.1) is 12.8 Å². The first-order valence-electron chi connectivity index (χ1n) is 5.48. The van der Waals surface area contributed by atoms with Crippen molar-refractivity contribution in [2.24, 2.45) is 11.8 Å². The van der Waals surface area contributed by atoms with Gasteiger partial charge < -0.3 is 5.32 Å². The van der Waals surface area contributed by atoms with E-state index in [1.807, 2.05) is 36.6 Å². The number of carbonyl (C=O) groups is 2. The van der Waals surface area contributed by atoms with Crippen LogP contribution in [0.3, 0.4) is 0 Å². The van der Waals surface area contributed by atoms with E-state index in [4.69, 9.17) is 5.84 Å². The molecule has 1 saturated heterocycles. The molecular weight excluding hydrogens is 218 g/mol. The summed E-state index contributed by atoms with van der Waals surface area (Å²) in [5.74, 6) is 3.51. The van der Waals surface area contributed by atoms with Gasteiger partial charge in [-0.05, 0) is 12.5 Å². The average molecular weight is 233 g/mol. The molecule has 1 fully saturated rings. The maximum absolute atomic E-state index is 11.6. The number of amides is 2. The summed E-state index contributed by atoms with van der Waals surface area (Å²) in [4.78, 5) is 23.2. The Labute approximate surface area is 99.3 Å². The second-order valence-corrected chi connectivity index (χ2v) is 4.25. The van der Waals surface area contributed by atoms with E-state index >= 15 is 0 Å². The third-order valence-corrected chi connectivity index (χ3v) is 3.11. The zero-order valence-corrected chi connectivity index (χ0v) is 9.57. The zero-order valence-electron chi connectivity index (χ0n) is 9.57. The number of hydrogen-bond donors (Lipinski definition) is 3. The number of carbonyl (C=O) groups excluding carboxylic acids is 2. The van der Waals surface area contributed by atoms with E-state index in [0.717, 1.165) is 11.1 Å². The van der Waals surface area contributed by atoms with E-state index in [-0.39, 0.29) is 11.8 Å². The molecule has 0 bridgehead atoms. The maximum Gasteiger partial charge on any atom is 0.247 e. The molecule has 0 radical (unpaired) electrons. The summed E-state index contributed by atoms with van der Waals surface area (Å²) < 4.78 is 0. The fraction of sp³-hybridized carbons (Fsp3) is 0.333. The van der Waals surface area contributed by atoms with Gasteiger partial charge in [-0.25, -0.2) is 5.84 Å². The number of hydrogen-bond acceptors (Lipinski definition) is 3. The standard InChI is InChI=1S/C12H15N3O2/c1-7-2-4-8(5-3-7)9-6-14-11(16)10(9)12(17)15-13/h2-5,9-10H,6,13H2,1H3,(H,14,16)(H,15,17). The summed E-state index contributed by atoms with van der Waals surface area (Å²) in [5, 5.41) is 2.69. The predicted octanol–water partition coefficient (Wildman–Crippen LogP) is -0.185. The smallest absolute Gasteiger partial charge is 0.247 e. The highest BCUT2D eigenvalue weighted by Gasteiger charge is 2.40. The molecule has 1 heterocycles. The highest BCUT2D eigenvalue weighted by molar-refractivity contribution is 6.02. The van der Waals surface area contributed by atoms with E-state index in [1.54, 1.807) is 0 Å². The molecule has 1 aromatic rings. The lowest BCUT2D eigenvalue weighted by atomic mass is 9.88. The lowest BCUT2D eigenvalue weighted by molar-refractivity contribution is -0.133. The first kappa shape index (κ1) is 11.6. The van der Waals surface area contributed by atoms with Crippen molar-refractivity contribution in [2.75, 3.05) is 6.54 Å². The average Bonchev–Trinajstić information content (AvgIpc) is 2.71. The van der Waals surface area contributed by atoms with Gasteiger partial charge in [-0.1, -0.05) is 29.8 Å². The molecule has 2 unspecified atom stereocenters. The summed E-state index contributed by atoms with van der Waals surface area (Å²) in [6.45, 7) is 2.46. The molecule has 5 heteroatoms. The maximum atomic E-state index is 11.6. The van der Waals surface area contributed by atoms with Gasteiger partial charge in [-0.15, -0.1) is 0 Å². The number of rotatable bonds is 2. The van der Waals surface area contributed by atoms with Crippen molar-refractivity contribution in [2.45, 2.75) is 12.8 Å². The summed E-state index contributed by atoms with van der Waals surface area (Å²) >= 11 is 0. The summed E-state index contributed by atoms with van der Waals surface area (Å²) in [7, 11) is 0. The largest absolute Gasteiger partial charge is 0.355 e. The molecule has 2 amide bonds. The van der Waals surface area contributed by atoms with Gasteiger partial charge in [0.15, 0.2) is 0 Å². The Hall–Kier alpha value is -1.88. The number of nitrogens with one attached hydrogen (secondary N) is 2. The lowest BCUT2D eigenvalue weighted by Crippen LogP contribution is -2.40. The minimum absolute atomic E-state index is 0.147. The molecule has 90 valence electrons. The molecular formula is C12H15N3O2. The predicted molar refractivity (Wildman–Crippen MR) is 62.7 cm³/mol. The monoisotopic (exact) mass is 233 g/mol. The van der Waals surface area contributed by atoms with Gasteiger partial charge in [0.1, 0.15) is 5.92 Å². The number of benzene rings is 1. The normalized spacial score (nSPS) is 23.3. The Morgan fingerprint density at radius 1 is 1.41 bits per heavy atom. The van der Waals surface area contributed by atoms with Gasteiger partial charge in [0.2, 0.25) is 11.8 Å². The van der Waals surface area contributed by atoms with Crippen molar-refractivity contribution in [1.82, 2.24) is 10.7 Å². The second-order valence-electron chi connectivity index (χ2n) is 4.25. The molecule has 4 N–H and O–H groups in total. The van der Waals surface area contributed by atoms with Crippen LogP contribution in [-0.2, 0) is 9.59 Å². The zero-order chi connectivity index (χ0) is 12.4. The van der Waals surface area contributed by atoms with Crippen molar-refractivity contribution >= 4 is 11.8 Å². The van der Waals surface area contributed by atoms with E-state index in [0.29, 0.717) is 6.54 Å². The molecule has 2 atom stereocenters. The fourth-order valence-electron chi connectivity index (χ4n) is 2.14. The SMILES string of the molecule is Cc1ccc(C2CNC(=O)C2C(=O)NN)cc1. The molecule has 1 aromatic carbocycles. The topological polar surface area (TPSA) is 84.2 Å². The van der Waals surface area contributed by atoms with Crippen molar-refractivity contribution < 1.29 is 9.59 Å². The van der Waals surface area contributed by atoms with Crippen molar-refractivity contribution in [1.29, 1.82) is 0 Å².